The van der Waals surface area contributed by atoms with Gasteiger partial charge in [-0.25, -0.2) is 4.68 Å². The van der Waals surface area contributed by atoms with Gasteiger partial charge in [0.05, 0.1) is 12.7 Å². The van der Waals surface area contributed by atoms with E-state index < -0.39 is 29.3 Å². The standard InChI is InChI=1S/C21H14ClF3N4O3/c22-12-3-1-11(2-4-12)10-29-18-15(9-26-29)20(8-17(30)28-18)14-7-13(32-21(23,24)25)5-6-16(14)27-19(20)31/h1-7,9H,8,10H2,(H,27,31)(H,28,30)/t20-/m1/s1. The van der Waals surface area contributed by atoms with Crippen molar-refractivity contribution in [1.82, 2.24) is 9.78 Å². The van der Waals surface area contributed by atoms with Gasteiger partial charge >= 0.3 is 6.36 Å². The maximum atomic E-state index is 13.1. The Morgan fingerprint density at radius 2 is 1.84 bits per heavy atom. The van der Waals surface area contributed by atoms with Gasteiger partial charge in [0.1, 0.15) is 17.0 Å². The van der Waals surface area contributed by atoms with Crippen molar-refractivity contribution < 1.29 is 27.5 Å². The Morgan fingerprint density at radius 3 is 2.56 bits per heavy atom. The quantitative estimate of drug-likeness (QED) is 0.614. The molecule has 2 N–H and O–H groups in total. The molecule has 0 bridgehead atoms. The Kier molecular flexibility index (Phi) is 4.45. The van der Waals surface area contributed by atoms with E-state index in [0.29, 0.717) is 22.1 Å². The second kappa shape index (κ2) is 6.99. The van der Waals surface area contributed by atoms with Gasteiger partial charge in [0.25, 0.3) is 0 Å². The van der Waals surface area contributed by atoms with E-state index in [1.807, 2.05) is 0 Å². The zero-order chi connectivity index (χ0) is 22.7. The molecule has 2 aliphatic heterocycles. The minimum Gasteiger partial charge on any atom is -0.406 e. The van der Waals surface area contributed by atoms with Crippen molar-refractivity contribution in [1.29, 1.82) is 0 Å². The van der Waals surface area contributed by atoms with Crippen LogP contribution in [0.1, 0.15) is 23.1 Å². The Bertz CT molecular complexity index is 1260. The molecule has 5 rings (SSSR count). The molecular weight excluding hydrogens is 449 g/mol. The summed E-state index contributed by atoms with van der Waals surface area (Å²) in [5, 5.41) is 10.3. The molecular formula is C21H14ClF3N4O3. The first-order chi connectivity index (χ1) is 15.2. The smallest absolute Gasteiger partial charge is 0.406 e. The van der Waals surface area contributed by atoms with Crippen LogP contribution in [0.5, 0.6) is 5.75 Å². The number of alkyl halides is 3. The van der Waals surface area contributed by atoms with Crippen LogP contribution in [-0.4, -0.2) is 28.0 Å². The van der Waals surface area contributed by atoms with Crippen LogP contribution in [0.25, 0.3) is 0 Å². The maximum Gasteiger partial charge on any atom is 0.573 e. The predicted octanol–water partition coefficient (Wildman–Crippen LogP) is 4.06. The summed E-state index contributed by atoms with van der Waals surface area (Å²) in [6.45, 7) is 0.286. The topological polar surface area (TPSA) is 85.2 Å². The number of nitrogens with zero attached hydrogens (tertiary/aromatic N) is 2. The number of carbonyl (C=O) groups excluding carboxylic acids is 2. The monoisotopic (exact) mass is 462 g/mol. The van der Waals surface area contributed by atoms with Gasteiger partial charge in [0.2, 0.25) is 11.8 Å². The van der Waals surface area contributed by atoms with Gasteiger partial charge in [-0.15, -0.1) is 13.2 Å². The van der Waals surface area contributed by atoms with Crippen LogP contribution in [0.3, 0.4) is 0 Å². The molecule has 0 saturated carbocycles. The minimum absolute atomic E-state index is 0.228. The average molecular weight is 463 g/mol. The Balaban J connectivity index is 1.61. The van der Waals surface area contributed by atoms with Crippen LogP contribution in [0.4, 0.5) is 24.7 Å². The SMILES string of the molecule is O=C1C[C@]2(C(=O)Nc3ccc(OC(F)(F)F)cc32)c2cnn(Cc3ccc(Cl)cc3)c2N1. The van der Waals surface area contributed by atoms with Gasteiger partial charge in [0, 0.05) is 28.3 Å². The van der Waals surface area contributed by atoms with Crippen LogP contribution in [-0.2, 0) is 21.5 Å². The fourth-order valence-corrected chi connectivity index (χ4v) is 4.33. The predicted molar refractivity (Wildman–Crippen MR) is 109 cm³/mol. The highest BCUT2D eigenvalue weighted by Crippen LogP contribution is 2.51. The summed E-state index contributed by atoms with van der Waals surface area (Å²) < 4.78 is 43.8. The number of carbonyl (C=O) groups is 2. The van der Waals surface area contributed by atoms with Crippen molar-refractivity contribution in [2.45, 2.75) is 24.7 Å². The minimum atomic E-state index is -4.89. The first-order valence-electron chi connectivity index (χ1n) is 9.48. The van der Waals surface area contributed by atoms with Crippen LogP contribution in [0.2, 0.25) is 5.02 Å². The van der Waals surface area contributed by atoms with E-state index >= 15 is 0 Å². The fraction of sp³-hybridized carbons (Fsp3) is 0.190. The highest BCUT2D eigenvalue weighted by atomic mass is 35.5. The Labute approximate surface area is 184 Å². The number of nitrogens with one attached hydrogen (secondary N) is 2. The second-order valence-electron chi connectivity index (χ2n) is 7.53. The third kappa shape index (κ3) is 3.27. The van der Waals surface area contributed by atoms with Crippen molar-refractivity contribution in [3.63, 3.8) is 0 Å². The highest BCUT2D eigenvalue weighted by Gasteiger charge is 2.54. The molecule has 32 heavy (non-hydrogen) atoms. The Hall–Kier alpha value is -3.53. The van der Waals surface area contributed by atoms with E-state index in [1.54, 1.807) is 24.3 Å². The third-order valence-corrected chi connectivity index (χ3v) is 5.80. The van der Waals surface area contributed by atoms with Crippen LogP contribution in [0, 0.1) is 0 Å². The molecule has 2 aliphatic rings. The molecule has 2 aromatic carbocycles. The third-order valence-electron chi connectivity index (χ3n) is 5.55. The lowest BCUT2D eigenvalue weighted by Gasteiger charge is -2.31. The molecule has 1 aromatic heterocycles. The molecule has 0 radical (unpaired) electrons. The summed E-state index contributed by atoms with van der Waals surface area (Å²) >= 11 is 5.92. The average Bonchev–Trinajstić information content (AvgIpc) is 3.22. The second-order valence-corrected chi connectivity index (χ2v) is 7.97. The van der Waals surface area contributed by atoms with Crippen LogP contribution < -0.4 is 15.4 Å². The first kappa shape index (κ1) is 20.4. The normalized spacial score (nSPS) is 19.4. The number of aromatic nitrogens is 2. The molecule has 11 heteroatoms. The summed E-state index contributed by atoms with van der Waals surface area (Å²) in [4.78, 5) is 25.8. The number of fused-ring (bicyclic) bond motifs is 4. The number of hydrogen-bond donors (Lipinski definition) is 2. The highest BCUT2D eigenvalue weighted by molar-refractivity contribution is 6.30. The van der Waals surface area contributed by atoms with Gasteiger partial charge in [0.15, 0.2) is 0 Å². The molecule has 1 spiro atoms. The lowest BCUT2D eigenvalue weighted by Crippen LogP contribution is -2.43. The van der Waals surface area contributed by atoms with Crippen LogP contribution >= 0.6 is 11.6 Å². The van der Waals surface area contributed by atoms with Crippen molar-refractivity contribution >= 4 is 34.9 Å². The van der Waals surface area contributed by atoms with Crippen molar-refractivity contribution in [2.75, 3.05) is 10.6 Å². The molecule has 0 saturated heterocycles. The lowest BCUT2D eigenvalue weighted by molar-refractivity contribution is -0.274. The molecule has 3 heterocycles. The van der Waals surface area contributed by atoms with E-state index in [0.717, 1.165) is 17.7 Å². The van der Waals surface area contributed by atoms with Gasteiger partial charge in [-0.05, 0) is 35.9 Å². The molecule has 2 amide bonds. The molecule has 7 nitrogen and oxygen atoms in total. The summed E-state index contributed by atoms with van der Waals surface area (Å²) in [7, 11) is 0. The summed E-state index contributed by atoms with van der Waals surface area (Å²) in [6.07, 6.45) is -3.71. The first-order valence-corrected chi connectivity index (χ1v) is 9.86. The Morgan fingerprint density at radius 1 is 1.09 bits per heavy atom. The molecule has 0 fully saturated rings. The molecule has 0 aliphatic carbocycles. The molecule has 0 unspecified atom stereocenters. The number of hydrogen-bond acceptors (Lipinski definition) is 4. The zero-order valence-electron chi connectivity index (χ0n) is 16.2. The van der Waals surface area contributed by atoms with E-state index in [-0.39, 0.29) is 18.5 Å². The largest absolute Gasteiger partial charge is 0.573 e. The lowest BCUT2D eigenvalue weighted by atomic mass is 9.72. The van der Waals surface area contributed by atoms with E-state index in [9.17, 15) is 22.8 Å². The van der Waals surface area contributed by atoms with Crippen LogP contribution in [0.15, 0.2) is 48.7 Å². The maximum absolute atomic E-state index is 13.1. The molecule has 1 atom stereocenters. The van der Waals surface area contributed by atoms with E-state index in [1.165, 1.54) is 16.9 Å². The number of ether oxygens (including phenoxy) is 1. The fourth-order valence-electron chi connectivity index (χ4n) is 4.20. The van der Waals surface area contributed by atoms with E-state index in [2.05, 4.69) is 20.5 Å². The number of halogens is 4. The van der Waals surface area contributed by atoms with Crippen molar-refractivity contribution in [3.05, 3.63) is 70.4 Å². The zero-order valence-corrected chi connectivity index (χ0v) is 16.9. The summed E-state index contributed by atoms with van der Waals surface area (Å²) in [6, 6.07) is 10.6. The molecule has 3 aromatic rings. The van der Waals surface area contributed by atoms with Gasteiger partial charge in [-0.1, -0.05) is 23.7 Å². The molecule has 164 valence electrons. The number of benzene rings is 2. The van der Waals surface area contributed by atoms with Crippen molar-refractivity contribution in [3.8, 4) is 5.75 Å². The summed E-state index contributed by atoms with van der Waals surface area (Å²) in [5.74, 6) is -1.14. The number of amides is 2. The van der Waals surface area contributed by atoms with Crippen molar-refractivity contribution in [2.24, 2.45) is 0 Å². The summed E-state index contributed by atoms with van der Waals surface area (Å²) in [5.41, 5.74) is 0.274. The van der Waals surface area contributed by atoms with Gasteiger partial charge in [-0.3, -0.25) is 9.59 Å². The number of rotatable bonds is 3. The van der Waals surface area contributed by atoms with Gasteiger partial charge in [-0.2, -0.15) is 5.10 Å². The van der Waals surface area contributed by atoms with E-state index in [4.69, 9.17) is 11.6 Å². The van der Waals surface area contributed by atoms with Gasteiger partial charge < -0.3 is 15.4 Å². The number of anilines is 2.